The molecule has 4 N–H and O–H groups in total. The monoisotopic (exact) mass is 233 g/mol. The predicted molar refractivity (Wildman–Crippen MR) is 67.9 cm³/mol. The molecule has 1 heterocycles. The number of piperidine rings is 1. The number of hydrogen-bond acceptors (Lipinski definition) is 2. The molecule has 0 radical (unpaired) electrons. The molecular formula is C13H19N3O. The second-order valence-electron chi connectivity index (χ2n) is 4.68. The first-order chi connectivity index (χ1) is 8.18. The molecule has 0 bridgehead atoms. The first kappa shape index (κ1) is 11.9. The Labute approximate surface area is 102 Å². The van der Waals surface area contributed by atoms with Gasteiger partial charge in [-0.15, -0.1) is 0 Å². The molecule has 4 nitrogen and oxygen atoms in total. The number of nitrogens with one attached hydrogen (secondary N) is 1. The molecule has 1 fully saturated rings. The second-order valence-corrected chi connectivity index (χ2v) is 4.68. The number of hydrogen-bond donors (Lipinski definition) is 3. The van der Waals surface area contributed by atoms with E-state index in [1.165, 1.54) is 5.56 Å². The molecule has 92 valence electrons. The Balaban J connectivity index is 2.16. The van der Waals surface area contributed by atoms with Crippen LogP contribution in [0.5, 0.6) is 0 Å². The molecule has 1 aliphatic heterocycles. The lowest BCUT2D eigenvalue weighted by atomic mass is 9.73. The average molecular weight is 233 g/mol. The summed E-state index contributed by atoms with van der Waals surface area (Å²) in [4.78, 5) is 1.86. The van der Waals surface area contributed by atoms with Crippen molar-refractivity contribution >= 4 is 5.96 Å². The van der Waals surface area contributed by atoms with Crippen molar-refractivity contribution in [2.75, 3.05) is 19.7 Å². The summed E-state index contributed by atoms with van der Waals surface area (Å²) in [5.41, 5.74) is 6.51. The van der Waals surface area contributed by atoms with Crippen molar-refractivity contribution in [2.24, 2.45) is 5.73 Å². The van der Waals surface area contributed by atoms with Gasteiger partial charge in [-0.25, -0.2) is 0 Å². The normalized spacial score (nSPS) is 19.0. The Morgan fingerprint density at radius 3 is 2.35 bits per heavy atom. The third-order valence-corrected chi connectivity index (χ3v) is 3.75. The Morgan fingerprint density at radius 2 is 1.88 bits per heavy atom. The molecule has 4 heteroatoms. The van der Waals surface area contributed by atoms with Gasteiger partial charge in [0.1, 0.15) is 0 Å². The van der Waals surface area contributed by atoms with E-state index < -0.39 is 0 Å². The molecule has 0 saturated carbocycles. The molecule has 2 rings (SSSR count). The maximum Gasteiger partial charge on any atom is 0.188 e. The van der Waals surface area contributed by atoms with E-state index >= 15 is 0 Å². The van der Waals surface area contributed by atoms with Gasteiger partial charge in [0.05, 0.1) is 6.61 Å². The number of aliphatic hydroxyl groups is 1. The summed E-state index contributed by atoms with van der Waals surface area (Å²) in [5.74, 6) is 0.129. The van der Waals surface area contributed by atoms with Gasteiger partial charge in [0.25, 0.3) is 0 Å². The van der Waals surface area contributed by atoms with E-state index in [1.807, 2.05) is 23.1 Å². The molecular weight excluding hydrogens is 214 g/mol. The molecule has 1 aromatic rings. The fourth-order valence-corrected chi connectivity index (χ4v) is 2.51. The fourth-order valence-electron chi connectivity index (χ4n) is 2.51. The highest BCUT2D eigenvalue weighted by Crippen LogP contribution is 2.34. The van der Waals surface area contributed by atoms with Gasteiger partial charge in [-0.1, -0.05) is 30.3 Å². The van der Waals surface area contributed by atoms with Crippen molar-refractivity contribution in [3.63, 3.8) is 0 Å². The van der Waals surface area contributed by atoms with Crippen LogP contribution in [0.15, 0.2) is 30.3 Å². The van der Waals surface area contributed by atoms with Crippen molar-refractivity contribution < 1.29 is 5.11 Å². The molecule has 1 aliphatic rings. The summed E-state index contributed by atoms with van der Waals surface area (Å²) in [6.07, 6.45) is 1.68. The highest BCUT2D eigenvalue weighted by Gasteiger charge is 2.35. The molecule has 17 heavy (non-hydrogen) atoms. The number of rotatable bonds is 2. The van der Waals surface area contributed by atoms with Gasteiger partial charge in [0, 0.05) is 18.5 Å². The molecule has 1 aromatic carbocycles. The van der Waals surface area contributed by atoms with E-state index in [2.05, 4.69) is 12.1 Å². The van der Waals surface area contributed by atoms with Crippen LogP contribution < -0.4 is 5.73 Å². The third kappa shape index (κ3) is 2.26. The molecule has 0 atom stereocenters. The summed E-state index contributed by atoms with van der Waals surface area (Å²) in [7, 11) is 0. The first-order valence-corrected chi connectivity index (χ1v) is 5.93. The lowest BCUT2D eigenvalue weighted by Crippen LogP contribution is -2.48. The lowest BCUT2D eigenvalue weighted by molar-refractivity contribution is 0.129. The smallest absolute Gasteiger partial charge is 0.188 e. The zero-order valence-electron chi connectivity index (χ0n) is 9.89. The highest BCUT2D eigenvalue weighted by atomic mass is 16.3. The van der Waals surface area contributed by atoms with Crippen LogP contribution in [0.2, 0.25) is 0 Å². The topological polar surface area (TPSA) is 73.3 Å². The SMILES string of the molecule is N=C(N)N1CCC(CO)(c2ccccc2)CC1. The van der Waals surface area contributed by atoms with Crippen LogP contribution in [0.25, 0.3) is 0 Å². The van der Waals surface area contributed by atoms with Crippen LogP contribution in [0.1, 0.15) is 18.4 Å². The van der Waals surface area contributed by atoms with E-state index in [1.54, 1.807) is 0 Å². The number of benzene rings is 1. The largest absolute Gasteiger partial charge is 0.395 e. The first-order valence-electron chi connectivity index (χ1n) is 5.93. The van der Waals surface area contributed by atoms with Crippen LogP contribution in [0.4, 0.5) is 0 Å². The van der Waals surface area contributed by atoms with Gasteiger partial charge in [-0.05, 0) is 18.4 Å². The van der Waals surface area contributed by atoms with Gasteiger partial charge in [-0.3, -0.25) is 5.41 Å². The second kappa shape index (κ2) is 4.75. The number of nitrogens with two attached hydrogens (primary N) is 1. The average Bonchev–Trinajstić information content (AvgIpc) is 2.40. The van der Waals surface area contributed by atoms with E-state index in [9.17, 15) is 5.11 Å². The number of nitrogens with zero attached hydrogens (tertiary/aromatic N) is 1. The van der Waals surface area contributed by atoms with Crippen molar-refractivity contribution in [2.45, 2.75) is 18.3 Å². The van der Waals surface area contributed by atoms with Crippen molar-refractivity contribution in [1.82, 2.24) is 4.90 Å². The molecule has 0 aliphatic carbocycles. The maximum atomic E-state index is 9.72. The standard InChI is InChI=1S/C13H19N3O/c14-12(15)16-8-6-13(10-17,7-9-16)11-4-2-1-3-5-11/h1-5,17H,6-10H2,(H3,14,15). The Bertz CT molecular complexity index is 383. The van der Waals surface area contributed by atoms with Crippen molar-refractivity contribution in [3.8, 4) is 0 Å². The third-order valence-electron chi connectivity index (χ3n) is 3.75. The highest BCUT2D eigenvalue weighted by molar-refractivity contribution is 5.74. The van der Waals surface area contributed by atoms with Crippen molar-refractivity contribution in [1.29, 1.82) is 5.41 Å². The molecule has 0 unspecified atom stereocenters. The summed E-state index contributed by atoms with van der Waals surface area (Å²) in [6.45, 7) is 1.64. The number of guanidine groups is 1. The summed E-state index contributed by atoms with van der Waals surface area (Å²) in [5, 5.41) is 17.1. The summed E-state index contributed by atoms with van der Waals surface area (Å²) < 4.78 is 0. The minimum atomic E-state index is -0.160. The van der Waals surface area contributed by atoms with Crippen LogP contribution in [-0.2, 0) is 5.41 Å². The Hall–Kier alpha value is -1.55. The van der Waals surface area contributed by atoms with Gasteiger partial charge in [0.2, 0.25) is 0 Å². The summed E-state index contributed by atoms with van der Waals surface area (Å²) in [6, 6.07) is 10.1. The molecule has 0 spiro atoms. The minimum Gasteiger partial charge on any atom is -0.395 e. The zero-order valence-corrected chi connectivity index (χ0v) is 9.89. The minimum absolute atomic E-state index is 0.129. The molecule has 0 aromatic heterocycles. The van der Waals surface area contributed by atoms with E-state index in [4.69, 9.17) is 11.1 Å². The maximum absolute atomic E-state index is 9.72. The van der Waals surface area contributed by atoms with Crippen LogP contribution >= 0.6 is 0 Å². The van der Waals surface area contributed by atoms with E-state index in [0.717, 1.165) is 25.9 Å². The van der Waals surface area contributed by atoms with Crippen molar-refractivity contribution in [3.05, 3.63) is 35.9 Å². The Morgan fingerprint density at radius 1 is 1.29 bits per heavy atom. The Kier molecular flexibility index (Phi) is 3.33. The summed E-state index contributed by atoms with van der Waals surface area (Å²) >= 11 is 0. The van der Waals surface area contributed by atoms with Gasteiger partial charge >= 0.3 is 0 Å². The van der Waals surface area contributed by atoms with Crippen LogP contribution in [0.3, 0.4) is 0 Å². The van der Waals surface area contributed by atoms with Gasteiger partial charge < -0.3 is 15.7 Å². The molecule has 0 amide bonds. The molecule has 1 saturated heterocycles. The lowest BCUT2D eigenvalue weighted by Gasteiger charge is -2.41. The fraction of sp³-hybridized carbons (Fsp3) is 0.462. The number of aliphatic hydroxyl groups excluding tert-OH is 1. The van der Waals surface area contributed by atoms with Gasteiger partial charge in [-0.2, -0.15) is 0 Å². The quantitative estimate of drug-likeness (QED) is 0.525. The van der Waals surface area contributed by atoms with Gasteiger partial charge in [0.15, 0.2) is 5.96 Å². The number of likely N-dealkylation sites (tertiary alicyclic amines) is 1. The van der Waals surface area contributed by atoms with E-state index in [-0.39, 0.29) is 18.0 Å². The zero-order chi connectivity index (χ0) is 12.3. The van der Waals surface area contributed by atoms with E-state index in [0.29, 0.717) is 0 Å². The predicted octanol–water partition coefficient (Wildman–Crippen LogP) is 0.906. The van der Waals surface area contributed by atoms with Crippen LogP contribution in [0, 0.1) is 5.41 Å². The van der Waals surface area contributed by atoms with Crippen LogP contribution in [-0.4, -0.2) is 35.7 Å².